The SMILES string of the molecule is CC[C@@H](C(=O)NC1CCCC1)N(CCc1ccccc1)C(=O)CN(c1cc(C)ccc1OC)S(=O)(=O)c1ccccc1. The minimum absolute atomic E-state index is 0.0585. The highest BCUT2D eigenvalue weighted by Crippen LogP contribution is 2.33. The number of hydrogen-bond acceptors (Lipinski definition) is 5. The molecule has 8 nitrogen and oxygen atoms in total. The summed E-state index contributed by atoms with van der Waals surface area (Å²) in [6, 6.07) is 22.4. The number of carbonyl (C=O) groups excluding carboxylic acids is 2. The van der Waals surface area contributed by atoms with Gasteiger partial charge < -0.3 is 15.0 Å². The molecular formula is C33H41N3O5S. The van der Waals surface area contributed by atoms with Crippen LogP contribution in [0.2, 0.25) is 0 Å². The Balaban J connectivity index is 1.71. The first-order chi connectivity index (χ1) is 20.2. The lowest BCUT2D eigenvalue weighted by molar-refractivity contribution is -0.139. The Morgan fingerprint density at radius 2 is 1.62 bits per heavy atom. The van der Waals surface area contributed by atoms with E-state index in [4.69, 9.17) is 4.74 Å². The van der Waals surface area contributed by atoms with Gasteiger partial charge in [-0.1, -0.05) is 74.4 Å². The molecule has 0 radical (unpaired) electrons. The van der Waals surface area contributed by atoms with Gasteiger partial charge in [0.05, 0.1) is 17.7 Å². The molecule has 1 fully saturated rings. The molecule has 0 heterocycles. The molecule has 3 aromatic carbocycles. The molecule has 0 bridgehead atoms. The summed E-state index contributed by atoms with van der Waals surface area (Å²) in [4.78, 5) is 29.4. The van der Waals surface area contributed by atoms with Crippen LogP contribution in [-0.2, 0) is 26.0 Å². The zero-order valence-electron chi connectivity index (χ0n) is 24.7. The summed E-state index contributed by atoms with van der Waals surface area (Å²) in [6.07, 6.45) is 4.93. The molecule has 1 N–H and O–H groups in total. The topological polar surface area (TPSA) is 96.0 Å². The van der Waals surface area contributed by atoms with E-state index in [2.05, 4.69) is 5.32 Å². The Bertz CT molecular complexity index is 1440. The molecule has 9 heteroatoms. The first kappa shape index (κ1) is 31.1. The van der Waals surface area contributed by atoms with Crippen LogP contribution in [0.4, 0.5) is 5.69 Å². The van der Waals surface area contributed by atoms with E-state index in [1.807, 2.05) is 50.2 Å². The molecule has 2 amide bonds. The fraction of sp³-hybridized carbons (Fsp3) is 0.394. The summed E-state index contributed by atoms with van der Waals surface area (Å²) in [5, 5.41) is 3.15. The van der Waals surface area contributed by atoms with E-state index in [0.717, 1.165) is 41.1 Å². The Morgan fingerprint density at radius 1 is 0.976 bits per heavy atom. The van der Waals surface area contributed by atoms with Gasteiger partial charge in [-0.3, -0.25) is 13.9 Å². The molecule has 224 valence electrons. The van der Waals surface area contributed by atoms with Gasteiger partial charge in [0.2, 0.25) is 11.8 Å². The number of rotatable bonds is 13. The number of carbonyl (C=O) groups is 2. The van der Waals surface area contributed by atoms with E-state index < -0.39 is 28.5 Å². The van der Waals surface area contributed by atoms with Crippen LogP contribution >= 0.6 is 0 Å². The average molecular weight is 592 g/mol. The molecule has 0 aliphatic heterocycles. The number of amides is 2. The van der Waals surface area contributed by atoms with Gasteiger partial charge in [0.15, 0.2) is 0 Å². The van der Waals surface area contributed by atoms with Crippen LogP contribution in [0.15, 0.2) is 83.8 Å². The Hall–Kier alpha value is -3.85. The van der Waals surface area contributed by atoms with Crippen LogP contribution in [0.1, 0.15) is 50.2 Å². The van der Waals surface area contributed by atoms with Crippen molar-refractivity contribution < 1.29 is 22.7 Å². The number of sulfonamides is 1. The Kier molecular flexibility index (Phi) is 10.6. The monoisotopic (exact) mass is 591 g/mol. The highest BCUT2D eigenvalue weighted by atomic mass is 32.2. The van der Waals surface area contributed by atoms with Crippen molar-refractivity contribution >= 4 is 27.5 Å². The highest BCUT2D eigenvalue weighted by Gasteiger charge is 2.35. The van der Waals surface area contributed by atoms with Gasteiger partial charge in [0.1, 0.15) is 18.3 Å². The van der Waals surface area contributed by atoms with Crippen LogP contribution in [-0.4, -0.2) is 57.4 Å². The zero-order chi connectivity index (χ0) is 30.1. The zero-order valence-corrected chi connectivity index (χ0v) is 25.5. The van der Waals surface area contributed by atoms with E-state index in [9.17, 15) is 18.0 Å². The third kappa shape index (κ3) is 7.50. The predicted octanol–water partition coefficient (Wildman–Crippen LogP) is 5.11. The summed E-state index contributed by atoms with van der Waals surface area (Å²) in [5.41, 5.74) is 2.10. The lowest BCUT2D eigenvalue weighted by Crippen LogP contribution is -2.54. The van der Waals surface area contributed by atoms with Crippen molar-refractivity contribution in [3.8, 4) is 5.75 Å². The second kappa shape index (κ2) is 14.4. The number of hydrogen-bond donors (Lipinski definition) is 1. The van der Waals surface area contributed by atoms with Crippen molar-refractivity contribution in [2.75, 3.05) is 24.5 Å². The maximum absolute atomic E-state index is 14.3. The molecule has 0 spiro atoms. The summed E-state index contributed by atoms with van der Waals surface area (Å²) >= 11 is 0. The minimum atomic E-state index is -4.17. The van der Waals surface area contributed by atoms with Crippen LogP contribution < -0.4 is 14.4 Å². The lowest BCUT2D eigenvalue weighted by Gasteiger charge is -2.34. The Morgan fingerprint density at radius 3 is 2.24 bits per heavy atom. The third-order valence-corrected chi connectivity index (χ3v) is 9.56. The number of benzene rings is 3. The van der Waals surface area contributed by atoms with Crippen molar-refractivity contribution in [1.82, 2.24) is 10.2 Å². The molecule has 4 rings (SSSR count). The lowest BCUT2D eigenvalue weighted by atomic mass is 10.1. The molecule has 0 aromatic heterocycles. The van der Waals surface area contributed by atoms with Gasteiger partial charge in [0.25, 0.3) is 10.0 Å². The van der Waals surface area contributed by atoms with Gasteiger partial charge in [-0.15, -0.1) is 0 Å². The second-order valence-corrected chi connectivity index (χ2v) is 12.6. The van der Waals surface area contributed by atoms with Gasteiger partial charge in [-0.05, 0) is 68.0 Å². The van der Waals surface area contributed by atoms with Gasteiger partial charge in [-0.2, -0.15) is 0 Å². The fourth-order valence-electron chi connectivity index (χ4n) is 5.49. The minimum Gasteiger partial charge on any atom is -0.495 e. The van der Waals surface area contributed by atoms with Gasteiger partial charge in [0, 0.05) is 12.6 Å². The summed E-state index contributed by atoms with van der Waals surface area (Å²) in [7, 11) is -2.70. The summed E-state index contributed by atoms with van der Waals surface area (Å²) in [5.74, 6) is -0.325. The molecular weight excluding hydrogens is 550 g/mol. The summed E-state index contributed by atoms with van der Waals surface area (Å²) in [6.45, 7) is 3.51. The maximum atomic E-state index is 14.3. The van der Waals surface area contributed by atoms with Crippen LogP contribution in [0.3, 0.4) is 0 Å². The van der Waals surface area contributed by atoms with E-state index >= 15 is 0 Å². The molecule has 1 aliphatic carbocycles. The average Bonchev–Trinajstić information content (AvgIpc) is 3.51. The number of ether oxygens (including phenoxy) is 1. The quantitative estimate of drug-likeness (QED) is 0.298. The van der Waals surface area contributed by atoms with Crippen LogP contribution in [0, 0.1) is 6.92 Å². The molecule has 1 saturated carbocycles. The second-order valence-electron chi connectivity index (χ2n) is 10.7. The number of aryl methyl sites for hydroxylation is 1. The fourth-order valence-corrected chi connectivity index (χ4v) is 6.93. The van der Waals surface area contributed by atoms with Crippen LogP contribution in [0.5, 0.6) is 5.75 Å². The van der Waals surface area contributed by atoms with Crippen molar-refractivity contribution in [2.45, 2.75) is 69.4 Å². The number of nitrogens with one attached hydrogen (secondary N) is 1. The normalized spacial score (nSPS) is 14.3. The van der Waals surface area contributed by atoms with E-state index in [-0.39, 0.29) is 29.1 Å². The van der Waals surface area contributed by atoms with Crippen molar-refractivity contribution in [3.05, 3.63) is 90.0 Å². The van der Waals surface area contributed by atoms with Gasteiger partial charge in [-0.25, -0.2) is 8.42 Å². The maximum Gasteiger partial charge on any atom is 0.264 e. The van der Waals surface area contributed by atoms with Gasteiger partial charge >= 0.3 is 0 Å². The highest BCUT2D eigenvalue weighted by molar-refractivity contribution is 7.92. The standard InChI is InChI=1S/C33H41N3O5S/c1-4-29(33(38)34-27-15-11-12-16-27)35(22-21-26-13-7-5-8-14-26)32(37)24-36(30-23-25(2)19-20-31(30)41-3)42(39,40)28-17-9-6-10-18-28/h5-10,13-14,17-20,23,27,29H,4,11-12,15-16,21-22,24H2,1-3H3,(H,34,38)/t29-/m0/s1. The van der Waals surface area contributed by atoms with Crippen LogP contribution in [0.25, 0.3) is 0 Å². The number of anilines is 1. The summed E-state index contributed by atoms with van der Waals surface area (Å²) < 4.78 is 34.8. The van der Waals surface area contributed by atoms with Crippen molar-refractivity contribution in [2.24, 2.45) is 0 Å². The molecule has 1 aliphatic rings. The molecule has 0 saturated heterocycles. The first-order valence-corrected chi connectivity index (χ1v) is 16.0. The molecule has 42 heavy (non-hydrogen) atoms. The smallest absolute Gasteiger partial charge is 0.264 e. The van der Waals surface area contributed by atoms with E-state index in [1.54, 1.807) is 35.2 Å². The van der Waals surface area contributed by atoms with Crippen molar-refractivity contribution in [3.63, 3.8) is 0 Å². The predicted molar refractivity (Wildman–Crippen MR) is 165 cm³/mol. The third-order valence-electron chi connectivity index (χ3n) is 7.78. The van der Waals surface area contributed by atoms with Crippen molar-refractivity contribution in [1.29, 1.82) is 0 Å². The molecule has 1 atom stereocenters. The van der Waals surface area contributed by atoms with E-state index in [0.29, 0.717) is 18.6 Å². The van der Waals surface area contributed by atoms with E-state index in [1.165, 1.54) is 19.2 Å². The molecule has 0 unspecified atom stereocenters. The number of methoxy groups -OCH3 is 1. The largest absolute Gasteiger partial charge is 0.495 e. The number of nitrogens with zero attached hydrogens (tertiary/aromatic N) is 2. The molecule has 3 aromatic rings. The Labute approximate surface area is 249 Å². The first-order valence-electron chi connectivity index (χ1n) is 14.6.